The number of hydrogen-bond acceptors (Lipinski definition) is 2. The smallest absolute Gasteiger partial charge is 0.409 e. The summed E-state index contributed by atoms with van der Waals surface area (Å²) in [6.07, 6.45) is -0.208. The van der Waals surface area contributed by atoms with E-state index >= 15 is 0 Å². The van der Waals surface area contributed by atoms with Crippen molar-refractivity contribution in [1.29, 1.82) is 0 Å². The molecule has 0 aromatic heterocycles. The van der Waals surface area contributed by atoms with Crippen molar-refractivity contribution in [2.45, 2.75) is 6.92 Å². The molecule has 76 valence electrons. The second-order valence-corrected chi connectivity index (χ2v) is 3.19. The van der Waals surface area contributed by atoms with E-state index in [9.17, 15) is 4.79 Å². The summed E-state index contributed by atoms with van der Waals surface area (Å²) >= 11 is 0. The van der Waals surface area contributed by atoms with Crippen LogP contribution in [0.5, 0.6) is 0 Å². The van der Waals surface area contributed by atoms with E-state index in [2.05, 4.69) is 23.8 Å². The van der Waals surface area contributed by atoms with Crippen LogP contribution < -0.4 is 0 Å². The van der Waals surface area contributed by atoms with Gasteiger partial charge in [0.25, 0.3) is 0 Å². The Bertz CT molecular complexity index is 285. The van der Waals surface area contributed by atoms with Gasteiger partial charge in [-0.2, -0.15) is 0 Å². The number of carbonyl (C=O) groups excluding carboxylic acids is 1. The van der Waals surface area contributed by atoms with Gasteiger partial charge in [0, 0.05) is 7.05 Å². The van der Waals surface area contributed by atoms with Crippen LogP contribution >= 0.6 is 0 Å². The summed E-state index contributed by atoms with van der Waals surface area (Å²) in [6, 6.07) is 10.3. The molecule has 1 aromatic rings. The predicted octanol–water partition coefficient (Wildman–Crippen LogP) is 2.06. The minimum Gasteiger partial charge on any atom is -0.448 e. The number of amides is 1. The Labute approximate surface area is 84.3 Å². The number of likely N-dealkylation sites (N-methyl/N-ethyl adjacent to an activating group) is 1. The van der Waals surface area contributed by atoms with Crippen LogP contribution in [0, 0.1) is 6.92 Å². The van der Waals surface area contributed by atoms with Gasteiger partial charge in [-0.1, -0.05) is 35.9 Å². The molecule has 0 atom stereocenters. The van der Waals surface area contributed by atoms with E-state index < -0.39 is 0 Å². The van der Waals surface area contributed by atoms with E-state index in [1.807, 2.05) is 18.2 Å². The van der Waals surface area contributed by atoms with Gasteiger partial charge in [0.2, 0.25) is 0 Å². The van der Waals surface area contributed by atoms with Crippen molar-refractivity contribution in [2.75, 3.05) is 20.2 Å². The Hall–Kier alpha value is -1.51. The zero-order chi connectivity index (χ0) is 10.4. The molecule has 1 saturated heterocycles. The van der Waals surface area contributed by atoms with Gasteiger partial charge in [0.05, 0.1) is 6.54 Å². The highest BCUT2D eigenvalue weighted by Crippen LogP contribution is 1.96. The highest BCUT2D eigenvalue weighted by atomic mass is 16.6. The summed E-state index contributed by atoms with van der Waals surface area (Å²) < 4.78 is 4.55. The third-order valence-electron chi connectivity index (χ3n) is 1.90. The molecular formula is C11H15NO2. The van der Waals surface area contributed by atoms with Gasteiger partial charge in [0.15, 0.2) is 0 Å². The van der Waals surface area contributed by atoms with Crippen LogP contribution in [0.15, 0.2) is 30.3 Å². The molecule has 1 aliphatic heterocycles. The molecule has 1 aliphatic rings. The Balaban J connectivity index is 0.000000140. The molecule has 1 fully saturated rings. The van der Waals surface area contributed by atoms with Crippen molar-refractivity contribution in [2.24, 2.45) is 0 Å². The first-order chi connectivity index (χ1) is 6.70. The van der Waals surface area contributed by atoms with E-state index in [-0.39, 0.29) is 6.09 Å². The maximum Gasteiger partial charge on any atom is 0.409 e. The molecule has 0 bridgehead atoms. The summed E-state index contributed by atoms with van der Waals surface area (Å²) in [6.45, 7) is 3.37. The Morgan fingerprint density at radius 1 is 1.29 bits per heavy atom. The van der Waals surface area contributed by atoms with Gasteiger partial charge >= 0.3 is 6.09 Å². The van der Waals surface area contributed by atoms with E-state index in [4.69, 9.17) is 0 Å². The van der Waals surface area contributed by atoms with E-state index in [1.165, 1.54) is 5.56 Å². The van der Waals surface area contributed by atoms with Crippen molar-refractivity contribution in [3.05, 3.63) is 35.9 Å². The SMILES string of the molecule is CN1CCOC1=O.Cc1ccccc1. The largest absolute Gasteiger partial charge is 0.448 e. The maximum atomic E-state index is 10.3. The zero-order valence-corrected chi connectivity index (χ0v) is 8.56. The average Bonchev–Trinajstić information content (AvgIpc) is 2.53. The third kappa shape index (κ3) is 3.47. The molecule has 0 N–H and O–H groups in total. The van der Waals surface area contributed by atoms with Gasteiger partial charge < -0.3 is 9.64 Å². The number of carbonyl (C=O) groups is 1. The van der Waals surface area contributed by atoms with Gasteiger partial charge in [-0.15, -0.1) is 0 Å². The lowest BCUT2D eigenvalue weighted by Gasteiger charge is -1.98. The van der Waals surface area contributed by atoms with Gasteiger partial charge in [-0.3, -0.25) is 0 Å². The van der Waals surface area contributed by atoms with Crippen molar-refractivity contribution in [1.82, 2.24) is 4.90 Å². The molecule has 2 rings (SSSR count). The predicted molar refractivity (Wildman–Crippen MR) is 55.2 cm³/mol. The minimum absolute atomic E-state index is 0.208. The first kappa shape index (κ1) is 10.6. The van der Waals surface area contributed by atoms with Gasteiger partial charge in [0.1, 0.15) is 6.61 Å². The number of aryl methyl sites for hydroxylation is 1. The van der Waals surface area contributed by atoms with Crippen molar-refractivity contribution < 1.29 is 9.53 Å². The fraction of sp³-hybridized carbons (Fsp3) is 0.364. The number of cyclic esters (lactones) is 1. The van der Waals surface area contributed by atoms with Crippen LogP contribution in [0.3, 0.4) is 0 Å². The Morgan fingerprint density at radius 3 is 2.14 bits per heavy atom. The van der Waals surface area contributed by atoms with Crippen LogP contribution in [0.2, 0.25) is 0 Å². The highest BCUT2D eigenvalue weighted by molar-refractivity contribution is 5.68. The molecule has 0 spiro atoms. The van der Waals surface area contributed by atoms with Crippen LogP contribution in [0.4, 0.5) is 4.79 Å². The van der Waals surface area contributed by atoms with Crippen LogP contribution in [-0.2, 0) is 4.74 Å². The summed E-state index contributed by atoms with van der Waals surface area (Å²) in [4.78, 5) is 11.8. The molecule has 3 heteroatoms. The van der Waals surface area contributed by atoms with Crippen molar-refractivity contribution in [3.8, 4) is 0 Å². The van der Waals surface area contributed by atoms with E-state index in [0.29, 0.717) is 6.61 Å². The molecule has 0 radical (unpaired) electrons. The van der Waals surface area contributed by atoms with E-state index in [0.717, 1.165) is 6.54 Å². The molecule has 1 aromatic carbocycles. The van der Waals surface area contributed by atoms with Crippen LogP contribution in [0.1, 0.15) is 5.56 Å². The minimum atomic E-state index is -0.208. The highest BCUT2D eigenvalue weighted by Gasteiger charge is 2.15. The van der Waals surface area contributed by atoms with Gasteiger partial charge in [-0.05, 0) is 6.92 Å². The zero-order valence-electron chi connectivity index (χ0n) is 8.56. The van der Waals surface area contributed by atoms with Crippen LogP contribution in [-0.4, -0.2) is 31.2 Å². The normalized spacial score (nSPS) is 14.4. The Kier molecular flexibility index (Phi) is 3.98. The standard InChI is InChI=1S/C7H8.C4H7NO2/c1-7-5-3-2-4-6-7;1-5-2-3-7-4(5)6/h2-6H,1H3;2-3H2,1H3. The quantitative estimate of drug-likeness (QED) is 0.631. The fourth-order valence-electron chi connectivity index (χ4n) is 1.01. The summed E-state index contributed by atoms with van der Waals surface area (Å²) in [5.41, 5.74) is 1.32. The second kappa shape index (κ2) is 5.27. The number of nitrogens with zero attached hydrogens (tertiary/aromatic N) is 1. The first-order valence-corrected chi connectivity index (χ1v) is 4.59. The number of benzene rings is 1. The molecule has 0 unspecified atom stereocenters. The molecule has 0 saturated carbocycles. The maximum absolute atomic E-state index is 10.3. The summed E-state index contributed by atoms with van der Waals surface area (Å²) in [7, 11) is 1.72. The first-order valence-electron chi connectivity index (χ1n) is 4.59. The average molecular weight is 193 g/mol. The number of hydrogen-bond donors (Lipinski definition) is 0. The monoisotopic (exact) mass is 193 g/mol. The Morgan fingerprint density at radius 2 is 1.93 bits per heavy atom. The van der Waals surface area contributed by atoms with E-state index in [1.54, 1.807) is 11.9 Å². The molecule has 0 aliphatic carbocycles. The second-order valence-electron chi connectivity index (χ2n) is 3.19. The number of ether oxygens (including phenoxy) is 1. The van der Waals surface area contributed by atoms with Gasteiger partial charge in [-0.25, -0.2) is 4.79 Å². The molecule has 14 heavy (non-hydrogen) atoms. The van der Waals surface area contributed by atoms with Crippen LogP contribution in [0.25, 0.3) is 0 Å². The summed E-state index contributed by atoms with van der Waals surface area (Å²) in [5.74, 6) is 0. The summed E-state index contributed by atoms with van der Waals surface area (Å²) in [5, 5.41) is 0. The molecule has 1 amide bonds. The lowest BCUT2D eigenvalue weighted by atomic mass is 10.2. The number of rotatable bonds is 0. The van der Waals surface area contributed by atoms with Crippen molar-refractivity contribution >= 4 is 6.09 Å². The fourth-order valence-corrected chi connectivity index (χ4v) is 1.01. The lowest BCUT2D eigenvalue weighted by molar-refractivity contribution is 0.163. The lowest BCUT2D eigenvalue weighted by Crippen LogP contribution is -2.17. The molecule has 3 nitrogen and oxygen atoms in total. The molecule has 1 heterocycles. The third-order valence-corrected chi connectivity index (χ3v) is 1.90. The van der Waals surface area contributed by atoms with Crippen molar-refractivity contribution in [3.63, 3.8) is 0 Å². The topological polar surface area (TPSA) is 29.5 Å². The molecular weight excluding hydrogens is 178 g/mol.